The van der Waals surface area contributed by atoms with Gasteiger partial charge in [-0.2, -0.15) is 0 Å². The molecule has 196 valence electrons. The van der Waals surface area contributed by atoms with Crippen LogP contribution in [0.2, 0.25) is 10.0 Å². The molecule has 3 amide bonds. The van der Waals surface area contributed by atoms with Gasteiger partial charge in [-0.05, 0) is 42.7 Å². The number of halogens is 2. The summed E-state index contributed by atoms with van der Waals surface area (Å²) in [6.45, 7) is 2.30. The Balaban J connectivity index is 1.24. The SMILES string of the molecule is O=C(/C=C/c1ccc(Cl)c(Cl)c1)N1CCC(=O)N(CCC(=O)N2CCC(O)(c3cccnc3)CC2)CC1. The van der Waals surface area contributed by atoms with E-state index in [1.54, 1.807) is 57.4 Å². The Labute approximate surface area is 226 Å². The zero-order valence-corrected chi connectivity index (χ0v) is 22.0. The Morgan fingerprint density at radius 1 is 1.03 bits per heavy atom. The highest BCUT2D eigenvalue weighted by Crippen LogP contribution is 2.32. The number of carbonyl (C=O) groups excluding carboxylic acids is 3. The van der Waals surface area contributed by atoms with Crippen molar-refractivity contribution in [2.75, 3.05) is 39.3 Å². The number of benzene rings is 1. The van der Waals surface area contributed by atoms with Gasteiger partial charge in [0.25, 0.3) is 0 Å². The standard InChI is InChI=1S/C27H30Cl2N4O4/c28-22-5-3-20(18-23(22)29)4-6-24(34)31-12-7-25(35)32(17-16-31)13-8-26(36)33-14-9-27(37,10-15-33)21-2-1-11-30-19-21/h1-6,11,18-19,37H,7-10,12-17H2/b6-4+. The summed E-state index contributed by atoms with van der Waals surface area (Å²) in [6.07, 6.45) is 7.77. The Kier molecular flexibility index (Phi) is 8.84. The highest BCUT2D eigenvalue weighted by atomic mass is 35.5. The molecular weight excluding hydrogens is 515 g/mol. The summed E-state index contributed by atoms with van der Waals surface area (Å²) in [5, 5.41) is 11.8. The van der Waals surface area contributed by atoms with Gasteiger partial charge in [0.05, 0.1) is 15.6 Å². The van der Waals surface area contributed by atoms with E-state index in [4.69, 9.17) is 23.2 Å². The predicted octanol–water partition coefficient (Wildman–Crippen LogP) is 3.36. The quantitative estimate of drug-likeness (QED) is 0.562. The Hall–Kier alpha value is -2.94. The fourth-order valence-corrected chi connectivity index (χ4v) is 4.96. The number of rotatable bonds is 6. The third kappa shape index (κ3) is 6.89. The van der Waals surface area contributed by atoms with E-state index >= 15 is 0 Å². The lowest BCUT2D eigenvalue weighted by Gasteiger charge is -2.38. The van der Waals surface area contributed by atoms with Crippen LogP contribution >= 0.6 is 23.2 Å². The molecule has 1 aromatic heterocycles. The highest BCUT2D eigenvalue weighted by Gasteiger charge is 2.35. The monoisotopic (exact) mass is 544 g/mol. The van der Waals surface area contributed by atoms with Crippen LogP contribution < -0.4 is 0 Å². The van der Waals surface area contributed by atoms with E-state index in [1.165, 1.54) is 6.08 Å². The molecule has 1 aromatic carbocycles. The summed E-state index contributed by atoms with van der Waals surface area (Å²) >= 11 is 12.0. The lowest BCUT2D eigenvalue weighted by molar-refractivity contribution is -0.137. The molecule has 2 aromatic rings. The summed E-state index contributed by atoms with van der Waals surface area (Å²) in [5.41, 5.74) is 0.546. The van der Waals surface area contributed by atoms with Crippen LogP contribution in [0.25, 0.3) is 6.08 Å². The van der Waals surface area contributed by atoms with E-state index in [9.17, 15) is 19.5 Å². The minimum Gasteiger partial charge on any atom is -0.385 e. The smallest absolute Gasteiger partial charge is 0.246 e. The van der Waals surface area contributed by atoms with E-state index in [2.05, 4.69) is 4.98 Å². The van der Waals surface area contributed by atoms with Crippen LogP contribution in [-0.4, -0.2) is 81.8 Å². The molecule has 0 atom stereocenters. The number of aromatic nitrogens is 1. The van der Waals surface area contributed by atoms with E-state index < -0.39 is 5.60 Å². The minimum absolute atomic E-state index is 0.0391. The Morgan fingerprint density at radius 2 is 1.81 bits per heavy atom. The normalized spacial score (nSPS) is 18.2. The first-order valence-electron chi connectivity index (χ1n) is 12.4. The summed E-state index contributed by atoms with van der Waals surface area (Å²) in [5.74, 6) is -0.296. The molecule has 10 heteroatoms. The molecule has 8 nitrogen and oxygen atoms in total. The number of amides is 3. The van der Waals surface area contributed by atoms with Gasteiger partial charge in [0.15, 0.2) is 0 Å². The molecule has 3 heterocycles. The number of nitrogens with zero attached hydrogens (tertiary/aromatic N) is 4. The second-order valence-electron chi connectivity index (χ2n) is 9.37. The number of aliphatic hydroxyl groups is 1. The van der Waals surface area contributed by atoms with Crippen molar-refractivity contribution in [1.82, 2.24) is 19.7 Å². The van der Waals surface area contributed by atoms with Crippen LogP contribution in [0, 0.1) is 0 Å². The Bertz CT molecular complexity index is 1170. The van der Waals surface area contributed by atoms with Gasteiger partial charge in [-0.25, -0.2) is 0 Å². The number of hydrogen-bond donors (Lipinski definition) is 1. The first-order chi connectivity index (χ1) is 17.7. The summed E-state index contributed by atoms with van der Waals surface area (Å²) in [6, 6.07) is 8.77. The second-order valence-corrected chi connectivity index (χ2v) is 10.2. The zero-order chi connectivity index (χ0) is 26.4. The summed E-state index contributed by atoms with van der Waals surface area (Å²) < 4.78 is 0. The highest BCUT2D eigenvalue weighted by molar-refractivity contribution is 6.42. The Morgan fingerprint density at radius 3 is 2.51 bits per heavy atom. The van der Waals surface area contributed by atoms with E-state index in [0.29, 0.717) is 62.2 Å². The molecule has 2 fully saturated rings. The molecule has 37 heavy (non-hydrogen) atoms. The van der Waals surface area contributed by atoms with Crippen LogP contribution in [-0.2, 0) is 20.0 Å². The van der Waals surface area contributed by atoms with Gasteiger partial charge in [0, 0.05) is 76.1 Å². The third-order valence-corrected chi connectivity index (χ3v) is 7.74. The van der Waals surface area contributed by atoms with Gasteiger partial charge in [-0.3, -0.25) is 19.4 Å². The number of likely N-dealkylation sites (tertiary alicyclic amines) is 1. The molecule has 2 aliphatic heterocycles. The molecule has 4 rings (SSSR count). The first kappa shape index (κ1) is 27.1. The van der Waals surface area contributed by atoms with Gasteiger partial charge in [-0.1, -0.05) is 35.3 Å². The summed E-state index contributed by atoms with van der Waals surface area (Å²) in [7, 11) is 0. The molecular formula is C27H30Cl2N4O4. The molecule has 0 spiro atoms. The maximum Gasteiger partial charge on any atom is 0.246 e. The lowest BCUT2D eigenvalue weighted by atomic mass is 9.85. The third-order valence-electron chi connectivity index (χ3n) is 7.00. The fraction of sp³-hybridized carbons (Fsp3) is 0.407. The molecule has 2 saturated heterocycles. The number of pyridine rings is 1. The molecule has 0 saturated carbocycles. The molecule has 0 radical (unpaired) electrons. The number of hydrogen-bond acceptors (Lipinski definition) is 5. The fourth-order valence-electron chi connectivity index (χ4n) is 4.65. The van der Waals surface area contributed by atoms with Gasteiger partial charge in [-0.15, -0.1) is 0 Å². The van der Waals surface area contributed by atoms with Crippen molar-refractivity contribution in [2.45, 2.75) is 31.3 Å². The maximum atomic E-state index is 12.8. The number of carbonyl (C=O) groups is 3. The van der Waals surface area contributed by atoms with Crippen LogP contribution in [0.5, 0.6) is 0 Å². The van der Waals surface area contributed by atoms with E-state index in [0.717, 1.165) is 11.1 Å². The molecule has 2 aliphatic rings. The maximum absolute atomic E-state index is 12.8. The second kappa shape index (κ2) is 12.1. The van der Waals surface area contributed by atoms with Gasteiger partial charge in [0.1, 0.15) is 0 Å². The minimum atomic E-state index is -0.976. The topological polar surface area (TPSA) is 94.1 Å². The number of piperidine rings is 1. The zero-order valence-electron chi connectivity index (χ0n) is 20.5. The van der Waals surface area contributed by atoms with Crippen LogP contribution in [0.15, 0.2) is 48.8 Å². The summed E-state index contributed by atoms with van der Waals surface area (Å²) in [4.78, 5) is 47.3. The molecule has 0 bridgehead atoms. The first-order valence-corrected chi connectivity index (χ1v) is 13.1. The van der Waals surface area contributed by atoms with Gasteiger partial charge >= 0.3 is 0 Å². The van der Waals surface area contributed by atoms with Crippen LogP contribution in [0.3, 0.4) is 0 Å². The lowest BCUT2D eigenvalue weighted by Crippen LogP contribution is -2.46. The van der Waals surface area contributed by atoms with Crippen molar-refractivity contribution in [3.05, 3.63) is 70.0 Å². The van der Waals surface area contributed by atoms with Crippen molar-refractivity contribution in [3.63, 3.8) is 0 Å². The molecule has 0 unspecified atom stereocenters. The van der Waals surface area contributed by atoms with E-state index in [1.807, 2.05) is 6.07 Å². The van der Waals surface area contributed by atoms with Crippen molar-refractivity contribution >= 4 is 47.0 Å². The van der Waals surface area contributed by atoms with Crippen molar-refractivity contribution in [3.8, 4) is 0 Å². The average Bonchev–Trinajstić information content (AvgIpc) is 3.10. The van der Waals surface area contributed by atoms with Crippen molar-refractivity contribution in [1.29, 1.82) is 0 Å². The van der Waals surface area contributed by atoms with Gasteiger partial charge in [0.2, 0.25) is 17.7 Å². The van der Waals surface area contributed by atoms with Crippen LogP contribution in [0.4, 0.5) is 0 Å². The largest absolute Gasteiger partial charge is 0.385 e. The molecule has 1 N–H and O–H groups in total. The van der Waals surface area contributed by atoms with Crippen molar-refractivity contribution < 1.29 is 19.5 Å². The van der Waals surface area contributed by atoms with Gasteiger partial charge < -0.3 is 19.8 Å². The average molecular weight is 545 g/mol. The molecule has 0 aliphatic carbocycles. The van der Waals surface area contributed by atoms with Crippen LogP contribution in [0.1, 0.15) is 36.8 Å². The predicted molar refractivity (Wildman–Crippen MR) is 142 cm³/mol. The van der Waals surface area contributed by atoms with Crippen molar-refractivity contribution in [2.24, 2.45) is 0 Å². The van der Waals surface area contributed by atoms with E-state index in [-0.39, 0.29) is 30.6 Å².